The van der Waals surface area contributed by atoms with Crippen LogP contribution in [0.5, 0.6) is 5.75 Å². The lowest BCUT2D eigenvalue weighted by Crippen LogP contribution is -2.49. The summed E-state index contributed by atoms with van der Waals surface area (Å²) in [7, 11) is 1.65. The number of rotatable bonds is 6. The summed E-state index contributed by atoms with van der Waals surface area (Å²) in [5.74, 6) is 2.12. The van der Waals surface area contributed by atoms with Gasteiger partial charge in [-0.15, -0.1) is 0 Å². The van der Waals surface area contributed by atoms with E-state index in [-0.39, 0.29) is 12.5 Å². The van der Waals surface area contributed by atoms with E-state index in [1.54, 1.807) is 18.0 Å². The molecule has 0 aliphatic carbocycles. The van der Waals surface area contributed by atoms with Crippen molar-refractivity contribution in [3.8, 4) is 28.3 Å². The van der Waals surface area contributed by atoms with Gasteiger partial charge in [-0.1, -0.05) is 29.8 Å². The Bertz CT molecular complexity index is 1320. The van der Waals surface area contributed by atoms with E-state index < -0.39 is 0 Å². The predicted molar refractivity (Wildman–Crippen MR) is 134 cm³/mol. The maximum atomic E-state index is 12.9. The molecule has 8 heteroatoms. The van der Waals surface area contributed by atoms with Crippen LogP contribution < -0.4 is 9.64 Å². The highest BCUT2D eigenvalue weighted by Crippen LogP contribution is 2.34. The smallest absolute Gasteiger partial charge is 0.244 e. The van der Waals surface area contributed by atoms with Crippen LogP contribution in [0.2, 0.25) is 0 Å². The summed E-state index contributed by atoms with van der Waals surface area (Å²) in [6, 6.07) is 16.3. The average molecular weight is 472 g/mol. The van der Waals surface area contributed by atoms with Crippen molar-refractivity contribution in [2.75, 3.05) is 38.2 Å². The van der Waals surface area contributed by atoms with Crippen LogP contribution >= 0.6 is 0 Å². The van der Waals surface area contributed by atoms with E-state index in [9.17, 15) is 4.79 Å². The van der Waals surface area contributed by atoms with E-state index in [4.69, 9.17) is 9.15 Å². The standard InChI is InChI=1S/C27H29N5O3/c1-19-4-6-21(7-5-19)24-10-11-32(29-24)18-27(33)31-14-12-30(13-15-31)22-8-9-23(25(16-22)34-3)26-17-28-20(2)35-26/h4-11,16-17H,12-15,18H2,1-3H3. The zero-order valence-electron chi connectivity index (χ0n) is 20.3. The maximum Gasteiger partial charge on any atom is 0.244 e. The van der Waals surface area contributed by atoms with Gasteiger partial charge in [0.05, 0.1) is 24.6 Å². The number of methoxy groups -OCH3 is 1. The lowest BCUT2D eigenvalue weighted by Gasteiger charge is -2.36. The quantitative estimate of drug-likeness (QED) is 0.420. The van der Waals surface area contributed by atoms with Gasteiger partial charge in [0, 0.05) is 56.6 Å². The Morgan fingerprint density at radius 1 is 1.03 bits per heavy atom. The first-order valence-corrected chi connectivity index (χ1v) is 11.7. The highest BCUT2D eigenvalue weighted by atomic mass is 16.5. The molecule has 4 aromatic rings. The SMILES string of the molecule is COc1cc(N2CCN(C(=O)Cn3ccc(-c4ccc(C)cc4)n3)CC2)ccc1-c1cnc(C)o1. The largest absolute Gasteiger partial charge is 0.496 e. The molecule has 0 saturated carbocycles. The number of aryl methyl sites for hydroxylation is 2. The van der Waals surface area contributed by atoms with Crippen LogP contribution in [-0.4, -0.2) is 58.9 Å². The number of nitrogens with zero attached hydrogens (tertiary/aromatic N) is 5. The van der Waals surface area contributed by atoms with Crippen molar-refractivity contribution in [3.05, 3.63) is 72.4 Å². The second-order valence-electron chi connectivity index (χ2n) is 8.76. The van der Waals surface area contributed by atoms with Crippen molar-refractivity contribution >= 4 is 11.6 Å². The van der Waals surface area contributed by atoms with Crippen molar-refractivity contribution in [2.45, 2.75) is 20.4 Å². The molecule has 0 spiro atoms. The van der Waals surface area contributed by atoms with E-state index >= 15 is 0 Å². The van der Waals surface area contributed by atoms with Crippen LogP contribution in [0.25, 0.3) is 22.6 Å². The van der Waals surface area contributed by atoms with Crippen LogP contribution in [0.4, 0.5) is 5.69 Å². The van der Waals surface area contributed by atoms with Gasteiger partial charge in [-0.3, -0.25) is 9.48 Å². The Balaban J connectivity index is 1.20. The number of hydrogen-bond donors (Lipinski definition) is 0. The van der Waals surface area contributed by atoms with Crippen molar-refractivity contribution in [1.82, 2.24) is 19.7 Å². The summed E-state index contributed by atoms with van der Waals surface area (Å²) in [5, 5.41) is 4.59. The number of benzene rings is 2. The molecular weight excluding hydrogens is 442 g/mol. The molecule has 1 fully saturated rings. The van der Waals surface area contributed by atoms with Gasteiger partial charge in [0.25, 0.3) is 0 Å². The number of carbonyl (C=O) groups excluding carboxylic acids is 1. The molecule has 5 rings (SSSR count). The maximum absolute atomic E-state index is 12.9. The zero-order chi connectivity index (χ0) is 24.4. The third kappa shape index (κ3) is 4.91. The fraction of sp³-hybridized carbons (Fsp3) is 0.296. The molecule has 35 heavy (non-hydrogen) atoms. The molecule has 1 aliphatic rings. The molecule has 8 nitrogen and oxygen atoms in total. The Kier molecular flexibility index (Phi) is 6.27. The molecule has 180 valence electrons. The van der Waals surface area contributed by atoms with Gasteiger partial charge in [0.1, 0.15) is 12.3 Å². The Morgan fingerprint density at radius 3 is 2.49 bits per heavy atom. The van der Waals surface area contributed by atoms with E-state index in [0.29, 0.717) is 24.7 Å². The Hall–Kier alpha value is -4.07. The number of carbonyl (C=O) groups is 1. The van der Waals surface area contributed by atoms with Crippen molar-refractivity contribution in [1.29, 1.82) is 0 Å². The van der Waals surface area contributed by atoms with Crippen LogP contribution in [0.1, 0.15) is 11.5 Å². The van der Waals surface area contributed by atoms with Crippen LogP contribution in [-0.2, 0) is 11.3 Å². The van der Waals surface area contributed by atoms with Crippen molar-refractivity contribution < 1.29 is 13.9 Å². The second kappa shape index (κ2) is 9.66. The lowest BCUT2D eigenvalue weighted by molar-refractivity contribution is -0.132. The monoisotopic (exact) mass is 471 g/mol. The Labute approximate surface area is 204 Å². The molecule has 3 heterocycles. The van der Waals surface area contributed by atoms with Gasteiger partial charge in [-0.25, -0.2) is 4.98 Å². The van der Waals surface area contributed by atoms with E-state index in [1.807, 2.05) is 36.2 Å². The molecule has 2 aromatic heterocycles. The fourth-order valence-corrected chi connectivity index (χ4v) is 4.35. The molecule has 2 aromatic carbocycles. The number of oxazole rings is 1. The topological polar surface area (TPSA) is 76.6 Å². The number of hydrogen-bond acceptors (Lipinski definition) is 6. The van der Waals surface area contributed by atoms with Gasteiger partial charge in [0.15, 0.2) is 11.7 Å². The van der Waals surface area contributed by atoms with E-state index in [2.05, 4.69) is 52.2 Å². The molecule has 0 radical (unpaired) electrons. The molecule has 0 bridgehead atoms. The highest BCUT2D eigenvalue weighted by molar-refractivity contribution is 5.76. The summed E-state index contributed by atoms with van der Waals surface area (Å²) in [6.07, 6.45) is 3.58. The number of ether oxygens (including phenoxy) is 1. The van der Waals surface area contributed by atoms with Crippen molar-refractivity contribution in [2.24, 2.45) is 0 Å². The zero-order valence-corrected chi connectivity index (χ0v) is 20.3. The molecule has 1 aliphatic heterocycles. The van der Waals surface area contributed by atoms with Crippen molar-refractivity contribution in [3.63, 3.8) is 0 Å². The van der Waals surface area contributed by atoms with Gasteiger partial charge in [-0.2, -0.15) is 5.10 Å². The lowest BCUT2D eigenvalue weighted by atomic mass is 10.1. The first-order chi connectivity index (χ1) is 17.0. The molecule has 0 N–H and O–H groups in total. The number of anilines is 1. The van der Waals surface area contributed by atoms with E-state index in [0.717, 1.165) is 41.3 Å². The minimum Gasteiger partial charge on any atom is -0.496 e. The molecule has 1 saturated heterocycles. The number of piperazine rings is 1. The summed E-state index contributed by atoms with van der Waals surface area (Å²) < 4.78 is 13.0. The number of aromatic nitrogens is 3. The molecule has 0 atom stereocenters. The minimum atomic E-state index is 0.0804. The van der Waals surface area contributed by atoms with Crippen LogP contribution in [0, 0.1) is 13.8 Å². The molecule has 1 amide bonds. The Morgan fingerprint density at radius 2 is 1.80 bits per heavy atom. The first kappa shape index (κ1) is 22.7. The van der Waals surface area contributed by atoms with Gasteiger partial charge in [-0.05, 0) is 25.1 Å². The summed E-state index contributed by atoms with van der Waals surface area (Å²) in [4.78, 5) is 21.3. The second-order valence-corrected chi connectivity index (χ2v) is 8.76. The van der Waals surface area contributed by atoms with Crippen LogP contribution in [0.3, 0.4) is 0 Å². The molecular formula is C27H29N5O3. The first-order valence-electron chi connectivity index (χ1n) is 11.7. The minimum absolute atomic E-state index is 0.0804. The van der Waals surface area contributed by atoms with Crippen LogP contribution in [0.15, 0.2) is 65.3 Å². The summed E-state index contributed by atoms with van der Waals surface area (Å²) in [5.41, 5.74) is 5.07. The summed E-state index contributed by atoms with van der Waals surface area (Å²) >= 11 is 0. The highest BCUT2D eigenvalue weighted by Gasteiger charge is 2.23. The third-order valence-corrected chi connectivity index (χ3v) is 6.35. The normalized spacial score (nSPS) is 13.8. The fourth-order valence-electron chi connectivity index (χ4n) is 4.35. The molecule has 0 unspecified atom stereocenters. The van der Waals surface area contributed by atoms with Gasteiger partial charge < -0.3 is 19.0 Å². The van der Waals surface area contributed by atoms with Gasteiger partial charge in [0.2, 0.25) is 5.91 Å². The van der Waals surface area contributed by atoms with E-state index in [1.165, 1.54) is 5.56 Å². The average Bonchev–Trinajstić information content (AvgIpc) is 3.53. The summed E-state index contributed by atoms with van der Waals surface area (Å²) in [6.45, 7) is 6.95. The predicted octanol–water partition coefficient (Wildman–Crippen LogP) is 4.18. The number of amides is 1. The van der Waals surface area contributed by atoms with Gasteiger partial charge >= 0.3 is 0 Å². The third-order valence-electron chi connectivity index (χ3n) is 6.35.